The molecular formula is C15H21BrO. The Morgan fingerprint density at radius 3 is 2.82 bits per heavy atom. The van der Waals surface area contributed by atoms with Crippen LogP contribution in [0.1, 0.15) is 45.1 Å². The molecule has 0 saturated carbocycles. The molecule has 17 heavy (non-hydrogen) atoms. The molecule has 0 aromatic heterocycles. The predicted octanol–water partition coefficient (Wildman–Crippen LogP) is 5.31. The first-order chi connectivity index (χ1) is 8.19. The van der Waals surface area contributed by atoms with Gasteiger partial charge in [0.05, 0.1) is 6.61 Å². The smallest absolute Gasteiger partial charge is 0.122 e. The maximum absolute atomic E-state index is 5.80. The molecule has 0 amide bonds. The molecule has 1 atom stereocenters. The van der Waals surface area contributed by atoms with Crippen molar-refractivity contribution in [2.45, 2.75) is 39.5 Å². The molecule has 0 aliphatic carbocycles. The van der Waals surface area contributed by atoms with Crippen LogP contribution in [0.2, 0.25) is 0 Å². The van der Waals surface area contributed by atoms with E-state index in [0.29, 0.717) is 5.92 Å². The van der Waals surface area contributed by atoms with Crippen LogP contribution in [0.3, 0.4) is 0 Å². The summed E-state index contributed by atoms with van der Waals surface area (Å²) in [4.78, 5) is 0. The third-order valence-electron chi connectivity index (χ3n) is 2.69. The zero-order valence-corrected chi connectivity index (χ0v) is 12.5. The summed E-state index contributed by atoms with van der Waals surface area (Å²) in [6.07, 6.45) is 6.39. The first-order valence-electron chi connectivity index (χ1n) is 6.22. The number of hydrogen-bond acceptors (Lipinski definition) is 1. The van der Waals surface area contributed by atoms with E-state index in [1.807, 2.05) is 6.07 Å². The van der Waals surface area contributed by atoms with Gasteiger partial charge in [0.25, 0.3) is 0 Å². The highest BCUT2D eigenvalue weighted by Gasteiger charge is 2.11. The van der Waals surface area contributed by atoms with Crippen LogP contribution in [0.15, 0.2) is 34.8 Å². The molecule has 0 radical (unpaired) electrons. The normalized spacial score (nSPS) is 12.9. The fourth-order valence-corrected chi connectivity index (χ4v) is 2.09. The second-order valence-electron chi connectivity index (χ2n) is 4.24. The zero-order chi connectivity index (χ0) is 12.7. The van der Waals surface area contributed by atoms with Gasteiger partial charge in [-0.3, -0.25) is 0 Å². The van der Waals surface area contributed by atoms with E-state index >= 15 is 0 Å². The first-order valence-corrected chi connectivity index (χ1v) is 7.01. The molecule has 0 N–H and O–H groups in total. The average molecular weight is 297 g/mol. The lowest BCUT2D eigenvalue weighted by Crippen LogP contribution is -2.01. The van der Waals surface area contributed by atoms with Gasteiger partial charge in [-0.15, -0.1) is 0 Å². The lowest BCUT2D eigenvalue weighted by molar-refractivity contribution is 0.312. The SMILES string of the molecule is C/C=C\CC(C)c1cc(Br)ccc1OCCC. The third kappa shape index (κ3) is 4.55. The Morgan fingerprint density at radius 2 is 2.18 bits per heavy atom. The number of halogens is 1. The van der Waals surface area contributed by atoms with Crippen LogP contribution < -0.4 is 4.74 Å². The van der Waals surface area contributed by atoms with Crippen molar-refractivity contribution < 1.29 is 4.74 Å². The summed E-state index contributed by atoms with van der Waals surface area (Å²) >= 11 is 3.53. The Morgan fingerprint density at radius 1 is 1.41 bits per heavy atom. The van der Waals surface area contributed by atoms with Crippen molar-refractivity contribution in [2.24, 2.45) is 0 Å². The molecule has 1 unspecified atom stereocenters. The molecule has 1 rings (SSSR count). The second kappa shape index (κ2) is 7.54. The third-order valence-corrected chi connectivity index (χ3v) is 3.18. The minimum absolute atomic E-state index is 0.482. The van der Waals surface area contributed by atoms with Gasteiger partial charge in [0, 0.05) is 4.47 Å². The van der Waals surface area contributed by atoms with Gasteiger partial charge in [-0.05, 0) is 49.4 Å². The van der Waals surface area contributed by atoms with Crippen LogP contribution in [0.25, 0.3) is 0 Å². The van der Waals surface area contributed by atoms with Crippen molar-refractivity contribution >= 4 is 15.9 Å². The van der Waals surface area contributed by atoms with Crippen molar-refractivity contribution in [1.29, 1.82) is 0 Å². The number of benzene rings is 1. The molecule has 0 saturated heterocycles. The Kier molecular flexibility index (Phi) is 6.35. The minimum Gasteiger partial charge on any atom is -0.493 e. The second-order valence-corrected chi connectivity index (χ2v) is 5.15. The molecule has 0 bridgehead atoms. The lowest BCUT2D eigenvalue weighted by Gasteiger charge is -2.16. The minimum atomic E-state index is 0.482. The van der Waals surface area contributed by atoms with Gasteiger partial charge in [0.1, 0.15) is 5.75 Å². The molecule has 1 aromatic rings. The summed E-state index contributed by atoms with van der Waals surface area (Å²) in [6.45, 7) is 7.20. The van der Waals surface area contributed by atoms with Crippen LogP contribution in [0.4, 0.5) is 0 Å². The standard InChI is InChI=1S/C15H21BrO/c1-4-6-7-12(3)14-11-13(16)8-9-15(14)17-10-5-2/h4,6,8-9,11-12H,5,7,10H2,1-3H3/b6-4-. The molecule has 0 heterocycles. The molecule has 0 aliphatic heterocycles. The highest BCUT2D eigenvalue weighted by atomic mass is 79.9. The summed E-state index contributed by atoms with van der Waals surface area (Å²) in [5, 5.41) is 0. The summed E-state index contributed by atoms with van der Waals surface area (Å²) < 4.78 is 6.91. The average Bonchev–Trinajstić information content (AvgIpc) is 2.34. The Bertz CT molecular complexity index is 371. The molecule has 0 aliphatic rings. The summed E-state index contributed by atoms with van der Waals surface area (Å²) in [5.41, 5.74) is 1.28. The highest BCUT2D eigenvalue weighted by molar-refractivity contribution is 9.10. The molecule has 2 heteroatoms. The van der Waals surface area contributed by atoms with Gasteiger partial charge < -0.3 is 4.74 Å². The molecule has 0 spiro atoms. The predicted molar refractivity (Wildman–Crippen MR) is 77.8 cm³/mol. The van der Waals surface area contributed by atoms with Crippen LogP contribution in [0, 0.1) is 0 Å². The van der Waals surface area contributed by atoms with Crippen LogP contribution in [-0.2, 0) is 0 Å². The van der Waals surface area contributed by atoms with E-state index in [0.717, 1.165) is 29.7 Å². The molecule has 94 valence electrons. The van der Waals surface area contributed by atoms with Crippen molar-refractivity contribution in [1.82, 2.24) is 0 Å². The number of allylic oxidation sites excluding steroid dienone is 2. The number of ether oxygens (including phenoxy) is 1. The van der Waals surface area contributed by atoms with Crippen LogP contribution in [0.5, 0.6) is 5.75 Å². The van der Waals surface area contributed by atoms with Crippen LogP contribution >= 0.6 is 15.9 Å². The van der Waals surface area contributed by atoms with E-state index in [-0.39, 0.29) is 0 Å². The maximum atomic E-state index is 5.80. The van der Waals surface area contributed by atoms with Gasteiger partial charge in [0.2, 0.25) is 0 Å². The van der Waals surface area contributed by atoms with E-state index in [4.69, 9.17) is 4.74 Å². The summed E-state index contributed by atoms with van der Waals surface area (Å²) in [5.74, 6) is 1.50. The topological polar surface area (TPSA) is 9.23 Å². The Labute approximate surface area is 113 Å². The molecule has 1 nitrogen and oxygen atoms in total. The fraction of sp³-hybridized carbons (Fsp3) is 0.467. The van der Waals surface area contributed by atoms with Gasteiger partial charge >= 0.3 is 0 Å². The van der Waals surface area contributed by atoms with Crippen LogP contribution in [-0.4, -0.2) is 6.61 Å². The summed E-state index contributed by atoms with van der Waals surface area (Å²) in [6, 6.07) is 6.26. The van der Waals surface area contributed by atoms with E-state index in [9.17, 15) is 0 Å². The maximum Gasteiger partial charge on any atom is 0.122 e. The van der Waals surface area contributed by atoms with E-state index in [1.54, 1.807) is 0 Å². The lowest BCUT2D eigenvalue weighted by atomic mass is 9.96. The van der Waals surface area contributed by atoms with Crippen molar-refractivity contribution in [3.05, 3.63) is 40.4 Å². The largest absolute Gasteiger partial charge is 0.493 e. The molecule has 1 aromatic carbocycles. The molecular weight excluding hydrogens is 276 g/mol. The van der Waals surface area contributed by atoms with Crippen molar-refractivity contribution in [2.75, 3.05) is 6.61 Å². The van der Waals surface area contributed by atoms with Crippen molar-refractivity contribution in [3.8, 4) is 5.75 Å². The zero-order valence-electron chi connectivity index (χ0n) is 10.9. The summed E-state index contributed by atoms with van der Waals surface area (Å²) in [7, 11) is 0. The first kappa shape index (κ1) is 14.3. The monoisotopic (exact) mass is 296 g/mol. The Balaban J connectivity index is 2.89. The van der Waals surface area contributed by atoms with E-state index in [2.05, 4.69) is 61.0 Å². The number of rotatable bonds is 6. The number of hydrogen-bond donors (Lipinski definition) is 0. The highest BCUT2D eigenvalue weighted by Crippen LogP contribution is 2.31. The van der Waals surface area contributed by atoms with Gasteiger partial charge in [-0.1, -0.05) is 41.9 Å². The van der Waals surface area contributed by atoms with E-state index in [1.165, 1.54) is 5.56 Å². The quantitative estimate of drug-likeness (QED) is 0.647. The fourth-order valence-electron chi connectivity index (χ4n) is 1.72. The van der Waals surface area contributed by atoms with Gasteiger partial charge in [-0.25, -0.2) is 0 Å². The Hall–Kier alpha value is -0.760. The van der Waals surface area contributed by atoms with E-state index < -0.39 is 0 Å². The van der Waals surface area contributed by atoms with Gasteiger partial charge in [0.15, 0.2) is 0 Å². The van der Waals surface area contributed by atoms with Crippen molar-refractivity contribution in [3.63, 3.8) is 0 Å². The molecule has 0 fully saturated rings. The van der Waals surface area contributed by atoms with Gasteiger partial charge in [-0.2, -0.15) is 0 Å².